The summed E-state index contributed by atoms with van der Waals surface area (Å²) in [6.07, 6.45) is 5.63. The van der Waals surface area contributed by atoms with Crippen LogP contribution in [0.3, 0.4) is 0 Å². The smallest absolute Gasteiger partial charge is 0.268 e. The third-order valence-electron chi connectivity index (χ3n) is 14.6. The van der Waals surface area contributed by atoms with Crippen LogP contribution in [-0.2, 0) is 31.9 Å². The molecule has 3 heterocycles. The Hall–Kier alpha value is -8.11. The normalized spacial score (nSPS) is 16.5. The Balaban J connectivity index is 0.00000566. The van der Waals surface area contributed by atoms with Gasteiger partial charge in [0.25, 0.3) is 6.33 Å². The summed E-state index contributed by atoms with van der Waals surface area (Å²) in [6, 6.07) is 67.6. The molecule has 12 aromatic rings. The fourth-order valence-corrected chi connectivity index (χ4v) is 11.6. The van der Waals surface area contributed by atoms with Crippen molar-refractivity contribution in [3.63, 3.8) is 0 Å². The van der Waals surface area contributed by atoms with E-state index in [0.717, 1.165) is 60.9 Å². The van der Waals surface area contributed by atoms with Gasteiger partial charge in [-0.3, -0.25) is 4.57 Å². The molecule has 0 spiro atoms. The summed E-state index contributed by atoms with van der Waals surface area (Å²) in [6.45, 7) is 6.61. The van der Waals surface area contributed by atoms with Gasteiger partial charge in [0.15, 0.2) is 0 Å². The second-order valence-corrected chi connectivity index (χ2v) is 19.5. The Morgan fingerprint density at radius 3 is 1.96 bits per heavy atom. The van der Waals surface area contributed by atoms with E-state index in [0.29, 0.717) is 28.4 Å². The summed E-state index contributed by atoms with van der Waals surface area (Å²) >= 11 is 0. The van der Waals surface area contributed by atoms with Crippen LogP contribution in [0.4, 0.5) is 0 Å². The summed E-state index contributed by atoms with van der Waals surface area (Å²) in [4.78, 5) is 4.86. The topological polar surface area (TPSA) is 35.9 Å². The minimum atomic E-state index is -0.907. The van der Waals surface area contributed by atoms with Gasteiger partial charge in [0.05, 0.1) is 29.0 Å². The number of rotatable bonds is 7. The molecule has 0 atom stereocenters. The molecular weight excluding hydrogens is 1060 g/mol. The molecule has 15 rings (SSSR count). The van der Waals surface area contributed by atoms with E-state index >= 15 is 0 Å². The number of pyridine rings is 1. The van der Waals surface area contributed by atoms with E-state index < -0.39 is 23.5 Å². The van der Waals surface area contributed by atoms with Crippen LogP contribution in [0.25, 0.3) is 61.2 Å². The van der Waals surface area contributed by atoms with Crippen molar-refractivity contribution in [1.82, 2.24) is 14.1 Å². The van der Waals surface area contributed by atoms with Crippen molar-refractivity contribution in [3.05, 3.63) is 281 Å². The van der Waals surface area contributed by atoms with Crippen LogP contribution < -0.4 is 9.30 Å². The van der Waals surface area contributed by atoms with Crippen molar-refractivity contribution in [3.8, 4) is 39.8 Å². The zero-order chi connectivity index (χ0) is 51.8. The van der Waals surface area contributed by atoms with Crippen LogP contribution in [0.5, 0.6) is 11.5 Å². The number of ether oxygens (including phenoxy) is 1. The summed E-state index contributed by atoms with van der Waals surface area (Å²) in [5.74, 6) is 1.78. The molecule has 0 saturated heterocycles. The van der Waals surface area contributed by atoms with Crippen molar-refractivity contribution in [2.45, 2.75) is 37.5 Å². The zero-order valence-electron chi connectivity index (χ0n) is 44.5. The Kier molecular flexibility index (Phi) is 8.99. The predicted octanol–water partition coefficient (Wildman–Crippen LogP) is 14.7. The average molecular weight is 1110 g/mol. The monoisotopic (exact) mass is 1110 g/mol. The van der Waals surface area contributed by atoms with E-state index in [4.69, 9.17) is 13.8 Å². The standard InChI is InChI=1S/C66H46N4O.Pt/c1-65(2,3)44-37-38-67-62(39-44)70-58-32-14-10-23-49(58)50-36-35-47(41-61(50)70)71-46-22-17-21-45(40-46)68-42-69(60-34-16-15-33-59(60)68)64-48(43-19-5-4-6-20-43)27-18-31-57(64)66-54-28-11-7-24-51(54)63(52-25-8-12-29-55(52)66)53-26-9-13-30-56(53)66;/h4-39,63H,1-3H3;/q-2;/i4D,5D,6D,19D,20D;. The molecule has 0 saturated carbocycles. The maximum absolute atomic E-state index is 9.45. The van der Waals surface area contributed by atoms with Gasteiger partial charge >= 0.3 is 0 Å². The fourth-order valence-electron chi connectivity index (χ4n) is 11.6. The Labute approximate surface area is 440 Å². The van der Waals surface area contributed by atoms with Crippen LogP contribution in [0.1, 0.15) is 78.1 Å². The molecule has 6 heteroatoms. The van der Waals surface area contributed by atoms with E-state index in [1.165, 1.54) is 22.3 Å². The Bertz CT molecular complexity index is 4280. The van der Waals surface area contributed by atoms with E-state index in [1.54, 1.807) is 0 Å². The maximum atomic E-state index is 9.45. The minimum Gasteiger partial charge on any atom is -0.510 e. The van der Waals surface area contributed by atoms with Crippen molar-refractivity contribution in [1.29, 1.82) is 0 Å². The number of hydrogen-bond donors (Lipinski definition) is 0. The number of imidazole rings is 1. The van der Waals surface area contributed by atoms with Crippen LogP contribution in [0, 0.1) is 18.5 Å². The van der Waals surface area contributed by atoms with Gasteiger partial charge in [-0.25, -0.2) is 4.98 Å². The second kappa shape index (κ2) is 16.8. The second-order valence-electron chi connectivity index (χ2n) is 19.5. The molecule has 0 unspecified atom stereocenters. The number of hydrogen-bond acceptors (Lipinski definition) is 2. The first-order chi connectivity index (χ1) is 36.9. The van der Waals surface area contributed by atoms with Gasteiger partial charge < -0.3 is 13.9 Å². The quantitative estimate of drug-likeness (QED) is 0.118. The summed E-state index contributed by atoms with van der Waals surface area (Å²) in [7, 11) is 0. The molecule has 0 fully saturated rings. The van der Waals surface area contributed by atoms with Crippen molar-refractivity contribution in [2.24, 2.45) is 0 Å². The maximum Gasteiger partial charge on any atom is 0.268 e. The molecule has 72 heavy (non-hydrogen) atoms. The van der Waals surface area contributed by atoms with Crippen molar-refractivity contribution >= 4 is 32.8 Å². The summed E-state index contributed by atoms with van der Waals surface area (Å²) in [5.41, 5.74) is 13.3. The van der Waals surface area contributed by atoms with Gasteiger partial charge in [-0.15, -0.1) is 29.7 Å². The largest absolute Gasteiger partial charge is 0.510 e. The first kappa shape index (κ1) is 38.6. The number of fused-ring (bicyclic) bond motifs is 4. The Morgan fingerprint density at radius 1 is 0.611 bits per heavy atom. The van der Waals surface area contributed by atoms with Gasteiger partial charge in [0.1, 0.15) is 5.82 Å². The van der Waals surface area contributed by atoms with Crippen LogP contribution >= 0.6 is 0 Å². The molecular formula is C66H46N4OPt-2. The summed E-state index contributed by atoms with van der Waals surface area (Å²) in [5, 5.41) is 2.12. The molecule has 9 aromatic carbocycles. The van der Waals surface area contributed by atoms with Crippen molar-refractivity contribution < 1.29 is 37.2 Å². The molecule has 0 amide bonds. The SMILES string of the molecule is [2H]c1c([2H])c([2H])c(-c2cccc(C34c5ccccc5C(c5ccccc53)c3ccccc34)c2-[n+]2[c-]n(-c3[c-]c(Oc4[c-]c5c(cc4)c4ccccc4n5-c4cc(C(C)(C)C)ccn4)ccc3)c3ccccc32)c([2H])c1[2H].[Pt]. The van der Waals surface area contributed by atoms with E-state index in [-0.39, 0.29) is 50.0 Å². The van der Waals surface area contributed by atoms with E-state index in [2.05, 4.69) is 153 Å². The molecule has 348 valence electrons. The minimum absolute atomic E-state index is 0. The molecule has 0 N–H and O–H groups in total. The van der Waals surface area contributed by atoms with Gasteiger partial charge in [0, 0.05) is 50.2 Å². The van der Waals surface area contributed by atoms with Gasteiger partial charge in [-0.1, -0.05) is 190 Å². The van der Waals surface area contributed by atoms with E-state index in [1.807, 2.05) is 88.1 Å². The number of aromatic nitrogens is 4. The molecule has 2 bridgehead atoms. The van der Waals surface area contributed by atoms with Crippen LogP contribution in [0.2, 0.25) is 0 Å². The molecule has 3 aromatic heterocycles. The predicted molar refractivity (Wildman–Crippen MR) is 283 cm³/mol. The molecule has 5 nitrogen and oxygen atoms in total. The van der Waals surface area contributed by atoms with Crippen molar-refractivity contribution in [2.75, 3.05) is 0 Å². The molecule has 0 radical (unpaired) electrons. The summed E-state index contributed by atoms with van der Waals surface area (Å²) < 4.78 is 58.2. The molecule has 3 aliphatic carbocycles. The zero-order valence-corrected chi connectivity index (χ0v) is 41.8. The Morgan fingerprint density at radius 2 is 1.24 bits per heavy atom. The first-order valence-corrected chi connectivity index (χ1v) is 24.0. The van der Waals surface area contributed by atoms with E-state index in [9.17, 15) is 2.74 Å². The molecule has 0 aliphatic heterocycles. The average Bonchev–Trinajstić information content (AvgIpc) is 3.94. The third kappa shape index (κ3) is 6.50. The van der Waals surface area contributed by atoms with Crippen LogP contribution in [0.15, 0.2) is 218 Å². The first-order valence-electron chi connectivity index (χ1n) is 26.5. The van der Waals surface area contributed by atoms with Gasteiger partial charge in [-0.05, 0) is 90.3 Å². The number of benzene rings is 9. The third-order valence-corrected chi connectivity index (χ3v) is 14.6. The molecule has 3 aliphatic rings. The fraction of sp³-hybridized carbons (Fsp3) is 0.0909. The number of para-hydroxylation sites is 4. The van der Waals surface area contributed by atoms with Gasteiger partial charge in [-0.2, -0.15) is 18.2 Å². The van der Waals surface area contributed by atoms with Gasteiger partial charge in [0.2, 0.25) is 0 Å². The van der Waals surface area contributed by atoms with Crippen LogP contribution in [-0.4, -0.2) is 14.1 Å². The number of nitrogens with zero attached hydrogens (tertiary/aromatic N) is 4.